The number of carbonyl (C=O) groups is 2. The molecular formula is C17H22ClNO5. The van der Waals surface area contributed by atoms with Gasteiger partial charge in [0, 0.05) is 7.11 Å². The van der Waals surface area contributed by atoms with Crippen LogP contribution < -0.4 is 10.1 Å². The molecule has 1 unspecified atom stereocenters. The molecule has 0 aromatic heterocycles. The summed E-state index contributed by atoms with van der Waals surface area (Å²) in [5.74, 6) is -0.896. The van der Waals surface area contributed by atoms with Gasteiger partial charge in [0.25, 0.3) is 0 Å². The zero-order chi connectivity index (χ0) is 17.7. The molecule has 1 aromatic rings. The molecule has 0 radical (unpaired) electrons. The second-order valence-corrected chi connectivity index (χ2v) is 6.38. The molecule has 1 amide bonds. The third-order valence-corrected chi connectivity index (χ3v) is 4.98. The number of carbonyl (C=O) groups excluding carboxylic acids is 1. The van der Waals surface area contributed by atoms with Crippen LogP contribution in [0.2, 0.25) is 0 Å². The summed E-state index contributed by atoms with van der Waals surface area (Å²) in [7, 11) is 3.16. The molecular weight excluding hydrogens is 334 g/mol. The lowest BCUT2D eigenvalue weighted by atomic mass is 9.80. The predicted octanol–water partition coefficient (Wildman–Crippen LogP) is 2.50. The lowest BCUT2D eigenvalue weighted by Gasteiger charge is -2.37. The second-order valence-electron chi connectivity index (χ2n) is 5.95. The number of carboxylic acid groups (broad SMARTS) is 1. The van der Waals surface area contributed by atoms with Crippen LogP contribution in [0.4, 0.5) is 0 Å². The van der Waals surface area contributed by atoms with E-state index in [1.807, 2.05) is 0 Å². The van der Waals surface area contributed by atoms with Crippen molar-refractivity contribution in [2.24, 2.45) is 0 Å². The molecule has 2 N–H and O–H groups in total. The van der Waals surface area contributed by atoms with E-state index in [-0.39, 0.29) is 6.10 Å². The topological polar surface area (TPSA) is 84.9 Å². The fourth-order valence-corrected chi connectivity index (χ4v) is 3.14. The van der Waals surface area contributed by atoms with Crippen LogP contribution in [0.5, 0.6) is 5.75 Å². The average molecular weight is 356 g/mol. The maximum absolute atomic E-state index is 12.5. The first-order valence-corrected chi connectivity index (χ1v) is 8.22. The Labute approximate surface area is 146 Å². The first-order chi connectivity index (χ1) is 11.4. The molecule has 24 heavy (non-hydrogen) atoms. The summed E-state index contributed by atoms with van der Waals surface area (Å²) in [6, 6.07) is 6.78. The molecule has 1 aromatic carbocycles. The van der Waals surface area contributed by atoms with Gasteiger partial charge >= 0.3 is 5.97 Å². The Morgan fingerprint density at radius 1 is 1.25 bits per heavy atom. The Hall–Kier alpha value is -1.79. The molecule has 0 bridgehead atoms. The highest BCUT2D eigenvalue weighted by Crippen LogP contribution is 2.32. The number of amides is 1. The first kappa shape index (κ1) is 18.5. The molecule has 0 heterocycles. The highest BCUT2D eigenvalue weighted by molar-refractivity contribution is 6.31. The van der Waals surface area contributed by atoms with Crippen LogP contribution in [0.15, 0.2) is 24.3 Å². The third kappa shape index (κ3) is 3.99. The van der Waals surface area contributed by atoms with Crippen LogP contribution >= 0.6 is 11.6 Å². The van der Waals surface area contributed by atoms with Gasteiger partial charge in [-0.1, -0.05) is 12.1 Å². The summed E-state index contributed by atoms with van der Waals surface area (Å²) in [6.07, 6.45) is 1.83. The Morgan fingerprint density at radius 3 is 2.29 bits per heavy atom. The minimum atomic E-state index is -1.29. The standard InChI is InChI=1S/C17H22ClNO5/c1-23-12-5-3-11(4-6-12)14(18)15(20)19-17(16(21)22)9-7-13(24-2)8-10-17/h3-6,13-14H,7-10H2,1-2H3,(H,19,20)(H,21,22). The van der Waals surface area contributed by atoms with Gasteiger partial charge in [0.15, 0.2) is 0 Å². The van der Waals surface area contributed by atoms with Crippen molar-refractivity contribution >= 4 is 23.5 Å². The van der Waals surface area contributed by atoms with Crippen molar-refractivity contribution in [3.05, 3.63) is 29.8 Å². The number of halogens is 1. The van der Waals surface area contributed by atoms with Gasteiger partial charge < -0.3 is 19.9 Å². The lowest BCUT2D eigenvalue weighted by molar-refractivity contribution is -0.150. The van der Waals surface area contributed by atoms with Crippen molar-refractivity contribution in [1.82, 2.24) is 5.32 Å². The maximum Gasteiger partial charge on any atom is 0.329 e. The summed E-state index contributed by atoms with van der Waals surface area (Å²) in [4.78, 5) is 24.2. The zero-order valence-corrected chi connectivity index (χ0v) is 14.5. The second kappa shape index (κ2) is 7.85. The van der Waals surface area contributed by atoms with Gasteiger partial charge in [0.05, 0.1) is 13.2 Å². The molecule has 2 rings (SSSR count). The van der Waals surface area contributed by atoms with Crippen LogP contribution in [0.1, 0.15) is 36.6 Å². The van der Waals surface area contributed by atoms with Crippen LogP contribution in [-0.2, 0) is 14.3 Å². The number of ether oxygens (including phenoxy) is 2. The summed E-state index contributed by atoms with van der Waals surface area (Å²) < 4.78 is 10.3. The summed E-state index contributed by atoms with van der Waals surface area (Å²) in [5.41, 5.74) is -0.702. The number of alkyl halides is 1. The Bertz CT molecular complexity index is 581. The van der Waals surface area contributed by atoms with E-state index in [1.165, 1.54) is 0 Å². The van der Waals surface area contributed by atoms with Crippen molar-refractivity contribution in [3.63, 3.8) is 0 Å². The van der Waals surface area contributed by atoms with Gasteiger partial charge in [-0.05, 0) is 43.4 Å². The molecule has 0 aliphatic heterocycles. The van der Waals surface area contributed by atoms with E-state index in [2.05, 4.69) is 5.32 Å². The lowest BCUT2D eigenvalue weighted by Crippen LogP contribution is -2.57. The van der Waals surface area contributed by atoms with Gasteiger partial charge in [-0.2, -0.15) is 0 Å². The average Bonchev–Trinajstić information content (AvgIpc) is 2.61. The number of rotatable bonds is 6. The Kier molecular flexibility index (Phi) is 6.07. The van der Waals surface area contributed by atoms with E-state index in [0.29, 0.717) is 37.0 Å². The van der Waals surface area contributed by atoms with Gasteiger partial charge in [-0.15, -0.1) is 11.6 Å². The van der Waals surface area contributed by atoms with Crippen LogP contribution in [0.25, 0.3) is 0 Å². The van der Waals surface area contributed by atoms with E-state index < -0.39 is 22.8 Å². The number of carboxylic acids is 1. The minimum absolute atomic E-state index is 0.0303. The number of aliphatic carboxylic acids is 1. The highest BCUT2D eigenvalue weighted by Gasteiger charge is 2.44. The number of methoxy groups -OCH3 is 2. The summed E-state index contributed by atoms with van der Waals surface area (Å²) in [6.45, 7) is 0. The monoisotopic (exact) mass is 355 g/mol. The largest absolute Gasteiger partial charge is 0.497 e. The van der Waals surface area contributed by atoms with E-state index in [0.717, 1.165) is 0 Å². The van der Waals surface area contributed by atoms with Gasteiger partial charge in [0.2, 0.25) is 5.91 Å². The molecule has 1 aliphatic rings. The number of hydrogen-bond donors (Lipinski definition) is 2. The van der Waals surface area contributed by atoms with E-state index in [9.17, 15) is 14.7 Å². The van der Waals surface area contributed by atoms with Crippen molar-refractivity contribution in [2.45, 2.75) is 42.7 Å². The molecule has 7 heteroatoms. The summed E-state index contributed by atoms with van der Waals surface area (Å²) >= 11 is 6.22. The minimum Gasteiger partial charge on any atom is -0.497 e. The molecule has 0 saturated heterocycles. The van der Waals surface area contributed by atoms with E-state index in [1.54, 1.807) is 38.5 Å². The third-order valence-electron chi connectivity index (χ3n) is 4.53. The van der Waals surface area contributed by atoms with Gasteiger partial charge in [-0.25, -0.2) is 4.79 Å². The fourth-order valence-electron chi connectivity index (χ4n) is 2.94. The molecule has 1 fully saturated rings. The zero-order valence-electron chi connectivity index (χ0n) is 13.8. The van der Waals surface area contributed by atoms with E-state index >= 15 is 0 Å². The van der Waals surface area contributed by atoms with Crippen LogP contribution in [0, 0.1) is 0 Å². The molecule has 6 nitrogen and oxygen atoms in total. The summed E-state index contributed by atoms with van der Waals surface area (Å²) in [5, 5.41) is 11.3. The van der Waals surface area contributed by atoms with Crippen molar-refractivity contribution < 1.29 is 24.2 Å². The normalized spacial score (nSPS) is 24.9. The Morgan fingerprint density at radius 2 is 1.83 bits per heavy atom. The number of hydrogen-bond acceptors (Lipinski definition) is 4. The maximum atomic E-state index is 12.5. The smallest absolute Gasteiger partial charge is 0.329 e. The van der Waals surface area contributed by atoms with E-state index in [4.69, 9.17) is 21.1 Å². The van der Waals surface area contributed by atoms with Crippen molar-refractivity contribution in [3.8, 4) is 5.75 Å². The fraction of sp³-hybridized carbons (Fsp3) is 0.529. The molecule has 0 spiro atoms. The number of nitrogens with one attached hydrogen (secondary N) is 1. The van der Waals surface area contributed by atoms with Crippen LogP contribution in [0.3, 0.4) is 0 Å². The highest BCUT2D eigenvalue weighted by atomic mass is 35.5. The quantitative estimate of drug-likeness (QED) is 0.766. The predicted molar refractivity (Wildman–Crippen MR) is 89.4 cm³/mol. The van der Waals surface area contributed by atoms with Gasteiger partial charge in [0.1, 0.15) is 16.7 Å². The Balaban J connectivity index is 2.08. The van der Waals surface area contributed by atoms with Crippen molar-refractivity contribution in [2.75, 3.05) is 14.2 Å². The number of benzene rings is 1. The SMILES string of the molecule is COc1ccc(C(Cl)C(=O)NC2(C(=O)O)CCC(OC)CC2)cc1. The van der Waals surface area contributed by atoms with Gasteiger partial charge in [-0.3, -0.25) is 4.79 Å². The van der Waals surface area contributed by atoms with Crippen molar-refractivity contribution in [1.29, 1.82) is 0 Å². The van der Waals surface area contributed by atoms with Crippen LogP contribution in [-0.4, -0.2) is 42.8 Å². The molecule has 132 valence electrons. The molecule has 1 atom stereocenters. The molecule has 1 aliphatic carbocycles. The first-order valence-electron chi connectivity index (χ1n) is 7.78. The molecule has 1 saturated carbocycles.